The molecule has 0 aromatic carbocycles. The predicted octanol–water partition coefficient (Wildman–Crippen LogP) is 4.67. The fourth-order valence-corrected chi connectivity index (χ4v) is 3.64. The van der Waals surface area contributed by atoms with E-state index in [0.29, 0.717) is 0 Å². The maximum atomic E-state index is 5.40. The molecule has 0 spiro atoms. The zero-order chi connectivity index (χ0) is 11.5. The summed E-state index contributed by atoms with van der Waals surface area (Å²) in [4.78, 5) is 1.31. The van der Waals surface area contributed by atoms with Gasteiger partial charge in [-0.3, -0.25) is 0 Å². The smallest absolute Gasteiger partial charge is 0.00506 e. The topological polar surface area (TPSA) is 0 Å². The quantitative estimate of drug-likeness (QED) is 0.578. The molecule has 0 saturated heterocycles. The number of thiocarbonyl (C=S) groups is 1. The Kier molecular flexibility index (Phi) is 4.72. The van der Waals surface area contributed by atoms with Gasteiger partial charge < -0.3 is 0 Å². The second-order valence-electron chi connectivity index (χ2n) is 5.49. The summed E-state index contributed by atoms with van der Waals surface area (Å²) in [5.41, 5.74) is 0. The van der Waals surface area contributed by atoms with Gasteiger partial charge in [0.05, 0.1) is 0 Å². The van der Waals surface area contributed by atoms with Crippen molar-refractivity contribution in [1.82, 2.24) is 0 Å². The number of thioether (sulfide) groups is 1. The van der Waals surface area contributed by atoms with Crippen LogP contribution in [0.15, 0.2) is 0 Å². The van der Waals surface area contributed by atoms with E-state index in [9.17, 15) is 0 Å². The molecule has 0 heterocycles. The summed E-state index contributed by atoms with van der Waals surface area (Å²) in [7, 11) is 0. The Labute approximate surface area is 110 Å². The van der Waals surface area contributed by atoms with Gasteiger partial charge in [-0.25, -0.2) is 0 Å². The first kappa shape index (κ1) is 12.9. The lowest BCUT2D eigenvalue weighted by Crippen LogP contribution is -2.12. The summed E-state index contributed by atoms with van der Waals surface area (Å²) in [5, 5.41) is 1.81. The van der Waals surface area contributed by atoms with Crippen molar-refractivity contribution >= 4 is 28.8 Å². The maximum absolute atomic E-state index is 5.40. The van der Waals surface area contributed by atoms with E-state index in [0.717, 1.165) is 28.8 Å². The number of hydrogen-bond donors (Lipinski definition) is 0. The van der Waals surface area contributed by atoms with E-state index < -0.39 is 0 Å². The van der Waals surface area contributed by atoms with Crippen molar-refractivity contribution in [2.75, 3.05) is 0 Å². The fourth-order valence-electron chi connectivity index (χ4n) is 1.89. The van der Waals surface area contributed by atoms with Gasteiger partial charge in [0.2, 0.25) is 0 Å². The Morgan fingerprint density at radius 3 is 2.56 bits per heavy atom. The Hall–Kier alpha value is 0.440. The molecule has 2 rings (SSSR count). The Morgan fingerprint density at radius 1 is 1.31 bits per heavy atom. The van der Waals surface area contributed by atoms with E-state index >= 15 is 0 Å². The molecule has 0 N–H and O–H groups in total. The van der Waals surface area contributed by atoms with E-state index in [-0.39, 0.29) is 0 Å². The Morgan fingerprint density at radius 2 is 2.00 bits per heavy atom. The largest absolute Gasteiger partial charge is 0.155 e. The van der Waals surface area contributed by atoms with Crippen molar-refractivity contribution in [1.29, 1.82) is 0 Å². The summed E-state index contributed by atoms with van der Waals surface area (Å²) in [6, 6.07) is 0. The highest BCUT2D eigenvalue weighted by molar-refractivity contribution is 8.00. The molecule has 0 aromatic rings. The molecule has 2 saturated carbocycles. The first-order valence-electron chi connectivity index (χ1n) is 6.66. The molecule has 1 radical (unpaired) electrons. The summed E-state index contributed by atoms with van der Waals surface area (Å²) >= 11 is 7.60. The minimum atomic E-state index is 0.805. The van der Waals surface area contributed by atoms with Crippen molar-refractivity contribution in [2.45, 2.75) is 62.9 Å². The van der Waals surface area contributed by atoms with Crippen LogP contribution < -0.4 is 0 Å². The molecule has 0 aliphatic heterocycles. The Bertz CT molecular complexity index is 241. The minimum Gasteiger partial charge on any atom is -0.155 e. The molecule has 2 atom stereocenters. The van der Waals surface area contributed by atoms with Gasteiger partial charge in [-0.1, -0.05) is 26.1 Å². The van der Waals surface area contributed by atoms with Gasteiger partial charge in [-0.05, 0) is 61.6 Å². The zero-order valence-electron chi connectivity index (χ0n) is 10.4. The second-order valence-corrected chi connectivity index (χ2v) is 7.69. The zero-order valence-corrected chi connectivity index (χ0v) is 12.1. The maximum Gasteiger partial charge on any atom is 0.00506 e. The molecule has 0 bridgehead atoms. The van der Waals surface area contributed by atoms with Crippen molar-refractivity contribution in [3.63, 3.8) is 0 Å². The molecule has 91 valence electrons. The van der Waals surface area contributed by atoms with Gasteiger partial charge in [0.25, 0.3) is 0 Å². The molecule has 2 aliphatic carbocycles. The van der Waals surface area contributed by atoms with Crippen LogP contribution in [-0.2, 0) is 0 Å². The van der Waals surface area contributed by atoms with E-state index in [1.54, 1.807) is 0 Å². The number of rotatable bonds is 8. The van der Waals surface area contributed by atoms with Crippen LogP contribution in [0.5, 0.6) is 0 Å². The third-order valence-electron chi connectivity index (χ3n) is 3.65. The average molecular weight is 255 g/mol. The van der Waals surface area contributed by atoms with Crippen LogP contribution in [0.25, 0.3) is 0 Å². The van der Waals surface area contributed by atoms with Crippen LogP contribution in [0.2, 0.25) is 0 Å². The van der Waals surface area contributed by atoms with Crippen molar-refractivity contribution in [3.8, 4) is 0 Å². The van der Waals surface area contributed by atoms with Gasteiger partial charge in [0.15, 0.2) is 0 Å². The summed E-state index contributed by atoms with van der Waals surface area (Å²) in [6.45, 7) is 4.78. The lowest BCUT2D eigenvalue weighted by molar-refractivity contribution is 0.564. The van der Waals surface area contributed by atoms with E-state index in [1.165, 1.54) is 37.0 Å². The minimum absolute atomic E-state index is 0.805. The van der Waals surface area contributed by atoms with Gasteiger partial charge in [-0.2, -0.15) is 11.8 Å². The predicted molar refractivity (Wildman–Crippen MR) is 78.1 cm³/mol. The molecule has 2 unspecified atom stereocenters. The van der Waals surface area contributed by atoms with Gasteiger partial charge in [0, 0.05) is 10.5 Å². The normalized spacial score (nSPS) is 24.1. The first-order chi connectivity index (χ1) is 7.66. The van der Waals surface area contributed by atoms with Crippen LogP contribution in [-0.4, -0.2) is 15.4 Å². The third kappa shape index (κ3) is 4.37. The fraction of sp³-hybridized carbons (Fsp3) is 0.857. The Balaban J connectivity index is 1.54. The molecule has 2 aliphatic rings. The average Bonchev–Trinajstić information content (AvgIpc) is 3.10. The lowest BCUT2D eigenvalue weighted by atomic mass is 9.99. The molecule has 2 fully saturated rings. The lowest BCUT2D eigenvalue weighted by Gasteiger charge is -2.19. The van der Waals surface area contributed by atoms with E-state index in [2.05, 4.69) is 32.0 Å². The summed E-state index contributed by atoms with van der Waals surface area (Å²) in [5.74, 6) is 1.62. The van der Waals surface area contributed by atoms with E-state index in [1.807, 2.05) is 0 Å². The van der Waals surface area contributed by atoms with Crippen LogP contribution in [0.1, 0.15) is 52.4 Å². The summed E-state index contributed by atoms with van der Waals surface area (Å²) < 4.78 is 0. The van der Waals surface area contributed by atoms with Gasteiger partial charge in [-0.15, -0.1) is 0 Å². The van der Waals surface area contributed by atoms with Crippen LogP contribution in [0, 0.1) is 18.3 Å². The highest BCUT2D eigenvalue weighted by Crippen LogP contribution is 2.39. The molecule has 0 amide bonds. The highest BCUT2D eigenvalue weighted by atomic mass is 32.2. The van der Waals surface area contributed by atoms with Crippen LogP contribution >= 0.6 is 24.0 Å². The highest BCUT2D eigenvalue weighted by Gasteiger charge is 2.27. The molecular formula is C14H23S2. The van der Waals surface area contributed by atoms with Gasteiger partial charge >= 0.3 is 0 Å². The van der Waals surface area contributed by atoms with Gasteiger partial charge in [0.1, 0.15) is 0 Å². The molecule has 2 heteroatoms. The third-order valence-corrected chi connectivity index (χ3v) is 5.90. The monoisotopic (exact) mass is 255 g/mol. The standard InChI is InChI=1S/C14H23S2/c1-10(11(2)16-13-8-9-13)4-3-5-14(15)12-6-7-12/h3,10-13H,4-9H2,1-2H3. The number of hydrogen-bond acceptors (Lipinski definition) is 2. The van der Waals surface area contributed by atoms with E-state index in [4.69, 9.17) is 12.2 Å². The van der Waals surface area contributed by atoms with Crippen molar-refractivity contribution in [2.24, 2.45) is 11.8 Å². The molecular weight excluding hydrogens is 232 g/mol. The van der Waals surface area contributed by atoms with Crippen LogP contribution in [0.3, 0.4) is 0 Å². The molecule has 0 nitrogen and oxygen atoms in total. The van der Waals surface area contributed by atoms with Crippen molar-refractivity contribution in [3.05, 3.63) is 6.42 Å². The SMILES string of the molecule is CC(C[CH]CC(=S)C1CC1)C(C)SC1CC1. The van der Waals surface area contributed by atoms with Crippen molar-refractivity contribution < 1.29 is 0 Å². The van der Waals surface area contributed by atoms with Crippen LogP contribution in [0.4, 0.5) is 0 Å². The second kappa shape index (κ2) is 5.86. The summed E-state index contributed by atoms with van der Waals surface area (Å²) in [6.07, 6.45) is 10.4. The molecule has 0 aromatic heterocycles. The first-order valence-corrected chi connectivity index (χ1v) is 8.01. The molecule has 16 heavy (non-hydrogen) atoms.